The van der Waals surface area contributed by atoms with Gasteiger partial charge in [0.1, 0.15) is 5.52 Å². The number of amides is 2. The highest BCUT2D eigenvalue weighted by Gasteiger charge is 2.35. The van der Waals surface area contributed by atoms with Gasteiger partial charge in [-0.05, 0) is 30.3 Å². The summed E-state index contributed by atoms with van der Waals surface area (Å²) in [5.41, 5.74) is 2.30. The Morgan fingerprint density at radius 2 is 1.57 bits per heavy atom. The molecule has 0 spiro atoms. The molecule has 146 valence electrons. The predicted octanol–water partition coefficient (Wildman–Crippen LogP) is 3.91. The molecule has 2 amide bonds. The maximum absolute atomic E-state index is 12.6. The van der Waals surface area contributed by atoms with Crippen LogP contribution in [0, 0.1) is 0 Å². The number of imide groups is 1. The van der Waals surface area contributed by atoms with Crippen LogP contribution >= 0.6 is 0 Å². The lowest BCUT2D eigenvalue weighted by molar-refractivity contribution is 0.0228. The molecule has 0 aliphatic carbocycles. The minimum Gasteiger partial charge on any atom is -0.440 e. The van der Waals surface area contributed by atoms with Crippen LogP contribution in [-0.4, -0.2) is 34.6 Å². The Morgan fingerprint density at radius 1 is 0.900 bits per heavy atom. The van der Waals surface area contributed by atoms with Crippen LogP contribution in [-0.2, 0) is 4.74 Å². The first-order valence-electron chi connectivity index (χ1n) is 9.20. The second-order valence-corrected chi connectivity index (χ2v) is 6.75. The molecule has 4 aromatic rings. The first-order chi connectivity index (χ1) is 14.6. The summed E-state index contributed by atoms with van der Waals surface area (Å²) in [5.74, 6) is -1.08. The minimum atomic E-state index is -0.659. The van der Waals surface area contributed by atoms with Crippen molar-refractivity contribution in [1.29, 1.82) is 0 Å². The lowest BCUT2D eigenvalue weighted by Gasteiger charge is -2.13. The van der Waals surface area contributed by atoms with Gasteiger partial charge in [0.25, 0.3) is 11.8 Å². The number of esters is 1. The number of fused-ring (bicyclic) bond motifs is 2. The molecule has 7 heteroatoms. The fourth-order valence-corrected chi connectivity index (χ4v) is 3.43. The third-order valence-corrected chi connectivity index (χ3v) is 4.95. The average Bonchev–Trinajstić information content (AvgIpc) is 3.32. The number of carbonyl (C=O) groups is 3. The molecule has 2 heterocycles. The number of carbonyl (C=O) groups excluding carboxylic acids is 3. The van der Waals surface area contributed by atoms with Crippen LogP contribution in [0.3, 0.4) is 0 Å². The number of nitrogens with zero attached hydrogens (tertiary/aromatic N) is 2. The summed E-state index contributed by atoms with van der Waals surface area (Å²) in [6.45, 7) is -0.460. The topological polar surface area (TPSA) is 89.7 Å². The lowest BCUT2D eigenvalue weighted by atomic mass is 10.1. The number of benzene rings is 3. The second kappa shape index (κ2) is 6.97. The van der Waals surface area contributed by atoms with Crippen molar-refractivity contribution in [3.05, 3.63) is 89.5 Å². The van der Waals surface area contributed by atoms with Gasteiger partial charge in [-0.3, -0.25) is 9.59 Å². The van der Waals surface area contributed by atoms with Crippen molar-refractivity contribution in [1.82, 2.24) is 10.1 Å². The molecule has 3 aromatic carbocycles. The molecule has 0 unspecified atom stereocenters. The van der Waals surface area contributed by atoms with Crippen molar-refractivity contribution >= 4 is 28.7 Å². The van der Waals surface area contributed by atoms with Gasteiger partial charge in [-0.2, -0.15) is 0 Å². The zero-order valence-electron chi connectivity index (χ0n) is 15.6. The molecule has 30 heavy (non-hydrogen) atoms. The Balaban J connectivity index is 1.37. The fourth-order valence-electron chi connectivity index (χ4n) is 3.43. The maximum atomic E-state index is 12.6. The van der Waals surface area contributed by atoms with Crippen LogP contribution < -0.4 is 0 Å². The Labute approximate surface area is 170 Å². The maximum Gasteiger partial charge on any atom is 0.339 e. The van der Waals surface area contributed by atoms with Crippen molar-refractivity contribution in [3.8, 4) is 11.3 Å². The van der Waals surface area contributed by atoms with Crippen molar-refractivity contribution < 1.29 is 23.6 Å². The molecule has 0 fully saturated rings. The third-order valence-electron chi connectivity index (χ3n) is 4.95. The van der Waals surface area contributed by atoms with E-state index in [1.54, 1.807) is 42.5 Å². The monoisotopic (exact) mass is 398 g/mol. The van der Waals surface area contributed by atoms with E-state index in [0.717, 1.165) is 10.5 Å². The summed E-state index contributed by atoms with van der Waals surface area (Å²) in [6, 6.07) is 20.8. The molecule has 0 N–H and O–H groups in total. The molecule has 0 saturated heterocycles. The van der Waals surface area contributed by atoms with Gasteiger partial charge in [0.05, 0.1) is 22.1 Å². The van der Waals surface area contributed by atoms with E-state index in [2.05, 4.69) is 5.16 Å². The normalized spacial score (nSPS) is 13.0. The summed E-state index contributed by atoms with van der Waals surface area (Å²) in [5, 5.41) is 4.69. The SMILES string of the molecule is O=C(OCN1C(=O)c2ccccc2C1=O)c1ccc2noc(-c3ccccc3)c2c1. The molecule has 1 aliphatic rings. The summed E-state index contributed by atoms with van der Waals surface area (Å²) < 4.78 is 10.7. The molecule has 0 radical (unpaired) electrons. The number of hydrogen-bond acceptors (Lipinski definition) is 6. The van der Waals surface area contributed by atoms with Crippen LogP contribution in [0.4, 0.5) is 0 Å². The summed E-state index contributed by atoms with van der Waals surface area (Å²) in [7, 11) is 0. The van der Waals surface area contributed by atoms with E-state index in [0.29, 0.717) is 27.8 Å². The first kappa shape index (κ1) is 17.8. The van der Waals surface area contributed by atoms with Crippen LogP contribution in [0.1, 0.15) is 31.1 Å². The van der Waals surface area contributed by atoms with Crippen LogP contribution in [0.5, 0.6) is 0 Å². The molecule has 0 atom stereocenters. The number of aromatic nitrogens is 1. The quantitative estimate of drug-likeness (QED) is 0.383. The van der Waals surface area contributed by atoms with Crippen LogP contribution in [0.15, 0.2) is 77.3 Å². The molecule has 5 rings (SSSR count). The highest BCUT2D eigenvalue weighted by atomic mass is 16.5. The van der Waals surface area contributed by atoms with E-state index in [-0.39, 0.29) is 5.56 Å². The molecular weight excluding hydrogens is 384 g/mol. The van der Waals surface area contributed by atoms with E-state index in [9.17, 15) is 14.4 Å². The van der Waals surface area contributed by atoms with Gasteiger partial charge in [-0.1, -0.05) is 47.6 Å². The third kappa shape index (κ3) is 2.84. The van der Waals surface area contributed by atoms with Crippen molar-refractivity contribution in [3.63, 3.8) is 0 Å². The van der Waals surface area contributed by atoms with E-state index in [1.165, 1.54) is 0 Å². The van der Waals surface area contributed by atoms with Gasteiger partial charge >= 0.3 is 5.97 Å². The highest BCUT2D eigenvalue weighted by molar-refractivity contribution is 6.21. The smallest absolute Gasteiger partial charge is 0.339 e. The second-order valence-electron chi connectivity index (χ2n) is 6.75. The Bertz CT molecular complexity index is 1270. The van der Waals surface area contributed by atoms with E-state index in [4.69, 9.17) is 9.26 Å². The molecule has 0 bridgehead atoms. The molecular formula is C23H14N2O5. The highest BCUT2D eigenvalue weighted by Crippen LogP contribution is 2.29. The Hall–Kier alpha value is -4.26. The van der Waals surface area contributed by atoms with Crippen LogP contribution in [0.2, 0.25) is 0 Å². The summed E-state index contributed by atoms with van der Waals surface area (Å²) in [6.07, 6.45) is 0. The van der Waals surface area contributed by atoms with Crippen LogP contribution in [0.25, 0.3) is 22.2 Å². The van der Waals surface area contributed by atoms with E-state index in [1.807, 2.05) is 30.3 Å². The average molecular weight is 398 g/mol. The van der Waals surface area contributed by atoms with E-state index < -0.39 is 24.5 Å². The number of rotatable bonds is 4. The van der Waals surface area contributed by atoms with Gasteiger partial charge in [-0.15, -0.1) is 0 Å². The van der Waals surface area contributed by atoms with E-state index >= 15 is 0 Å². The van der Waals surface area contributed by atoms with Gasteiger partial charge in [0, 0.05) is 5.56 Å². The van der Waals surface area contributed by atoms with Crippen molar-refractivity contribution in [2.24, 2.45) is 0 Å². The van der Waals surface area contributed by atoms with Gasteiger partial charge < -0.3 is 9.26 Å². The largest absolute Gasteiger partial charge is 0.440 e. The van der Waals surface area contributed by atoms with Gasteiger partial charge in [0.15, 0.2) is 12.5 Å². The summed E-state index contributed by atoms with van der Waals surface area (Å²) >= 11 is 0. The van der Waals surface area contributed by atoms with Gasteiger partial charge in [0.2, 0.25) is 0 Å². The predicted molar refractivity (Wildman–Crippen MR) is 107 cm³/mol. The Kier molecular flexibility index (Phi) is 4.14. The fraction of sp³-hybridized carbons (Fsp3) is 0.0435. The van der Waals surface area contributed by atoms with Crippen molar-refractivity contribution in [2.75, 3.05) is 6.73 Å². The number of hydrogen-bond donors (Lipinski definition) is 0. The zero-order valence-corrected chi connectivity index (χ0v) is 15.6. The number of ether oxygens (including phenoxy) is 1. The zero-order chi connectivity index (χ0) is 20.7. The molecule has 1 aromatic heterocycles. The first-order valence-corrected chi connectivity index (χ1v) is 9.20. The minimum absolute atomic E-state index is 0.263. The molecule has 7 nitrogen and oxygen atoms in total. The molecule has 0 saturated carbocycles. The standard InChI is InChI=1S/C23H14N2O5/c26-21-16-8-4-5-9-17(16)22(27)25(21)13-29-23(28)15-10-11-19-18(12-15)20(30-24-19)14-6-2-1-3-7-14/h1-12H,13H2. The van der Waals surface area contributed by atoms with Gasteiger partial charge in [-0.25, -0.2) is 9.69 Å². The van der Waals surface area contributed by atoms with Crippen molar-refractivity contribution in [2.45, 2.75) is 0 Å². The Morgan fingerprint density at radius 3 is 2.27 bits per heavy atom. The molecule has 1 aliphatic heterocycles. The lowest BCUT2D eigenvalue weighted by Crippen LogP contribution is -2.33. The summed E-state index contributed by atoms with van der Waals surface area (Å²) in [4.78, 5) is 38.3.